The Morgan fingerprint density at radius 3 is 2.41 bits per heavy atom. The van der Waals surface area contributed by atoms with Crippen LogP contribution in [0, 0.1) is 20.8 Å². The van der Waals surface area contributed by atoms with Gasteiger partial charge in [-0.25, -0.2) is 0 Å². The van der Waals surface area contributed by atoms with Gasteiger partial charge in [-0.05, 0) is 50.1 Å². The number of fused-ring (bicyclic) bond motifs is 2. The third-order valence-electron chi connectivity index (χ3n) is 4.93. The van der Waals surface area contributed by atoms with Crippen LogP contribution in [-0.4, -0.2) is 16.8 Å². The van der Waals surface area contributed by atoms with E-state index in [0.29, 0.717) is 11.3 Å². The molecule has 0 saturated heterocycles. The number of aryl methyl sites for hydroxylation is 3. The Morgan fingerprint density at radius 2 is 1.63 bits per heavy atom. The second-order valence-corrected chi connectivity index (χ2v) is 6.61. The predicted molar refractivity (Wildman–Crippen MR) is 104 cm³/mol. The zero-order valence-electron chi connectivity index (χ0n) is 15.3. The number of furan rings is 1. The van der Waals surface area contributed by atoms with Crippen molar-refractivity contribution in [2.24, 2.45) is 0 Å². The van der Waals surface area contributed by atoms with Gasteiger partial charge in [0, 0.05) is 21.9 Å². The number of benzene rings is 2. The van der Waals surface area contributed by atoms with Gasteiger partial charge in [0.15, 0.2) is 5.76 Å². The van der Waals surface area contributed by atoms with Crippen LogP contribution < -0.4 is 10.9 Å². The second-order valence-electron chi connectivity index (χ2n) is 6.61. The van der Waals surface area contributed by atoms with Gasteiger partial charge in [-0.3, -0.25) is 20.4 Å². The Hall–Kier alpha value is -3.54. The maximum Gasteiger partial charge on any atom is 0.305 e. The third kappa shape index (κ3) is 2.85. The summed E-state index contributed by atoms with van der Waals surface area (Å²) in [5, 5.41) is 1.86. The fraction of sp³-hybridized carbons (Fsp3) is 0.143. The SMILES string of the molecule is Cc1ccc2[nH]c(C(=O)NNC(=O)c3oc4ccccc4c3C)cc2c1C. The van der Waals surface area contributed by atoms with Crippen LogP contribution in [-0.2, 0) is 0 Å². The molecule has 2 heterocycles. The van der Waals surface area contributed by atoms with Crippen LogP contribution in [0.4, 0.5) is 0 Å². The number of para-hydroxylation sites is 1. The number of hydrogen-bond acceptors (Lipinski definition) is 3. The summed E-state index contributed by atoms with van der Waals surface area (Å²) < 4.78 is 5.60. The third-order valence-corrected chi connectivity index (χ3v) is 4.93. The van der Waals surface area contributed by atoms with Crippen LogP contribution in [0.2, 0.25) is 0 Å². The maximum atomic E-state index is 12.4. The number of hydrogen-bond donors (Lipinski definition) is 3. The van der Waals surface area contributed by atoms with Gasteiger partial charge in [0.1, 0.15) is 11.3 Å². The molecular weight excluding hydrogens is 342 g/mol. The second kappa shape index (κ2) is 6.32. The van der Waals surface area contributed by atoms with Gasteiger partial charge in [0.25, 0.3) is 5.91 Å². The molecule has 0 saturated carbocycles. The highest BCUT2D eigenvalue weighted by molar-refractivity contribution is 6.02. The largest absolute Gasteiger partial charge is 0.451 e. The summed E-state index contributed by atoms with van der Waals surface area (Å²) in [4.78, 5) is 27.9. The maximum absolute atomic E-state index is 12.4. The molecule has 0 aliphatic heterocycles. The number of hydrazine groups is 1. The van der Waals surface area contributed by atoms with Gasteiger partial charge in [-0.2, -0.15) is 0 Å². The van der Waals surface area contributed by atoms with Crippen LogP contribution >= 0.6 is 0 Å². The molecule has 3 N–H and O–H groups in total. The van der Waals surface area contributed by atoms with Gasteiger partial charge in [-0.1, -0.05) is 24.3 Å². The van der Waals surface area contributed by atoms with Crippen LogP contribution in [0.1, 0.15) is 37.7 Å². The molecule has 0 fully saturated rings. The Morgan fingerprint density at radius 1 is 0.889 bits per heavy atom. The predicted octanol–water partition coefficient (Wildman–Crippen LogP) is 3.91. The summed E-state index contributed by atoms with van der Waals surface area (Å²) in [6.45, 7) is 5.85. The first-order valence-corrected chi connectivity index (χ1v) is 8.63. The number of aromatic nitrogens is 1. The molecule has 2 aromatic carbocycles. The van der Waals surface area contributed by atoms with E-state index in [0.717, 1.165) is 33.0 Å². The fourth-order valence-corrected chi connectivity index (χ4v) is 3.21. The van der Waals surface area contributed by atoms with Crippen molar-refractivity contribution in [3.63, 3.8) is 0 Å². The number of H-pyrrole nitrogens is 1. The standard InChI is InChI=1S/C21H19N3O3/c1-11-8-9-16-15(12(11)2)10-17(22-16)20(25)23-24-21(26)19-13(3)14-6-4-5-7-18(14)27-19/h4-10,22H,1-3H3,(H,23,25)(H,24,26). The van der Waals surface area contributed by atoms with Crippen molar-refractivity contribution < 1.29 is 14.0 Å². The molecule has 2 amide bonds. The molecule has 0 atom stereocenters. The van der Waals surface area contributed by atoms with Crippen LogP contribution in [0.25, 0.3) is 21.9 Å². The number of nitrogens with one attached hydrogen (secondary N) is 3. The first kappa shape index (κ1) is 16.9. The average Bonchev–Trinajstić information content (AvgIpc) is 3.25. The van der Waals surface area contributed by atoms with E-state index in [2.05, 4.69) is 15.8 Å². The first-order chi connectivity index (χ1) is 13.0. The Labute approximate surface area is 155 Å². The minimum Gasteiger partial charge on any atom is -0.451 e. The Balaban J connectivity index is 1.52. The van der Waals surface area contributed by atoms with E-state index in [1.165, 1.54) is 0 Å². The molecule has 0 aliphatic rings. The van der Waals surface area contributed by atoms with E-state index >= 15 is 0 Å². The Kier molecular flexibility index (Phi) is 3.96. The highest BCUT2D eigenvalue weighted by atomic mass is 16.3. The van der Waals surface area contributed by atoms with Crippen molar-refractivity contribution in [2.45, 2.75) is 20.8 Å². The number of rotatable bonds is 2. The molecule has 2 aromatic heterocycles. The van der Waals surface area contributed by atoms with Crippen molar-refractivity contribution in [1.29, 1.82) is 0 Å². The molecule has 6 heteroatoms. The summed E-state index contributed by atoms with van der Waals surface area (Å²) >= 11 is 0. The number of carbonyl (C=O) groups is 2. The molecule has 6 nitrogen and oxygen atoms in total. The number of aromatic amines is 1. The molecule has 0 aliphatic carbocycles. The van der Waals surface area contributed by atoms with Gasteiger partial charge >= 0.3 is 5.91 Å². The molecule has 4 rings (SSSR count). The lowest BCUT2D eigenvalue weighted by Gasteiger charge is -2.05. The molecular formula is C21H19N3O3. The molecule has 4 aromatic rings. The summed E-state index contributed by atoms with van der Waals surface area (Å²) in [5.74, 6) is -0.745. The summed E-state index contributed by atoms with van der Waals surface area (Å²) in [7, 11) is 0. The number of carbonyl (C=O) groups excluding carboxylic acids is 2. The normalized spacial score (nSPS) is 11.1. The van der Waals surface area contributed by atoms with E-state index in [4.69, 9.17) is 4.42 Å². The smallest absolute Gasteiger partial charge is 0.305 e. The number of amides is 2. The topological polar surface area (TPSA) is 87.1 Å². The average molecular weight is 361 g/mol. The quantitative estimate of drug-likeness (QED) is 0.473. The van der Waals surface area contributed by atoms with Crippen LogP contribution in [0.5, 0.6) is 0 Å². The van der Waals surface area contributed by atoms with Crippen LogP contribution in [0.3, 0.4) is 0 Å². The first-order valence-electron chi connectivity index (χ1n) is 8.63. The molecule has 0 unspecified atom stereocenters. The minimum absolute atomic E-state index is 0.180. The summed E-state index contributed by atoms with van der Waals surface area (Å²) in [6.07, 6.45) is 0. The van der Waals surface area contributed by atoms with E-state index in [9.17, 15) is 9.59 Å². The lowest BCUT2D eigenvalue weighted by Crippen LogP contribution is -2.41. The zero-order valence-corrected chi connectivity index (χ0v) is 15.3. The van der Waals surface area contributed by atoms with E-state index in [-0.39, 0.29) is 5.76 Å². The van der Waals surface area contributed by atoms with E-state index in [1.807, 2.05) is 51.1 Å². The van der Waals surface area contributed by atoms with Gasteiger partial charge in [0.05, 0.1) is 0 Å². The monoisotopic (exact) mass is 361 g/mol. The molecule has 27 heavy (non-hydrogen) atoms. The van der Waals surface area contributed by atoms with Crippen LogP contribution in [0.15, 0.2) is 46.9 Å². The molecule has 0 bridgehead atoms. The highest BCUT2D eigenvalue weighted by Gasteiger charge is 2.18. The summed E-state index contributed by atoms with van der Waals surface area (Å²) in [5.41, 5.74) is 9.74. The lowest BCUT2D eigenvalue weighted by atomic mass is 10.1. The van der Waals surface area contributed by atoms with Crippen molar-refractivity contribution in [2.75, 3.05) is 0 Å². The van der Waals surface area contributed by atoms with E-state index in [1.54, 1.807) is 12.1 Å². The lowest BCUT2D eigenvalue weighted by molar-refractivity contribution is 0.0829. The van der Waals surface area contributed by atoms with Crippen molar-refractivity contribution in [3.8, 4) is 0 Å². The van der Waals surface area contributed by atoms with Crippen molar-refractivity contribution in [1.82, 2.24) is 15.8 Å². The summed E-state index contributed by atoms with van der Waals surface area (Å²) in [6, 6.07) is 13.1. The fourth-order valence-electron chi connectivity index (χ4n) is 3.21. The molecule has 0 radical (unpaired) electrons. The zero-order chi connectivity index (χ0) is 19.1. The molecule has 0 spiro atoms. The van der Waals surface area contributed by atoms with E-state index < -0.39 is 11.8 Å². The van der Waals surface area contributed by atoms with Gasteiger partial charge in [0.2, 0.25) is 0 Å². The van der Waals surface area contributed by atoms with Gasteiger partial charge < -0.3 is 9.40 Å². The van der Waals surface area contributed by atoms with Crippen molar-refractivity contribution >= 4 is 33.7 Å². The Bertz CT molecular complexity index is 1200. The molecule has 136 valence electrons. The van der Waals surface area contributed by atoms with Crippen molar-refractivity contribution in [3.05, 3.63) is 70.6 Å². The highest BCUT2D eigenvalue weighted by Crippen LogP contribution is 2.25. The van der Waals surface area contributed by atoms with Gasteiger partial charge in [-0.15, -0.1) is 0 Å². The minimum atomic E-state index is -0.500.